The number of carbonyl (C=O) groups excluding carboxylic acids is 1. The van der Waals surface area contributed by atoms with Gasteiger partial charge in [0.15, 0.2) is 0 Å². The average Bonchev–Trinajstić information content (AvgIpc) is 2.27. The molecule has 17 heavy (non-hydrogen) atoms. The minimum absolute atomic E-state index is 0.0406. The molecule has 0 aromatic rings. The lowest BCUT2D eigenvalue weighted by Crippen LogP contribution is -2.54. The SMILES string of the molecule is CC1CCCN(C(C)(C)CNC(=O)CCN)C1. The summed E-state index contributed by atoms with van der Waals surface area (Å²) in [5.41, 5.74) is 5.40. The number of nitrogens with two attached hydrogens (primary N) is 1. The molecule has 1 unspecified atom stereocenters. The van der Waals surface area contributed by atoms with Gasteiger partial charge in [0, 0.05) is 31.6 Å². The first-order valence-electron chi connectivity index (χ1n) is 6.67. The number of nitrogens with zero attached hydrogens (tertiary/aromatic N) is 1. The third kappa shape index (κ3) is 4.64. The minimum Gasteiger partial charge on any atom is -0.354 e. The van der Waals surface area contributed by atoms with Crippen molar-refractivity contribution in [2.75, 3.05) is 26.2 Å². The van der Waals surface area contributed by atoms with Crippen LogP contribution in [0.15, 0.2) is 0 Å². The summed E-state index contributed by atoms with van der Waals surface area (Å²) >= 11 is 0. The number of hydrogen-bond acceptors (Lipinski definition) is 3. The third-order valence-corrected chi connectivity index (χ3v) is 3.60. The van der Waals surface area contributed by atoms with E-state index in [1.54, 1.807) is 0 Å². The summed E-state index contributed by atoms with van der Waals surface area (Å²) in [7, 11) is 0. The molecule has 0 aliphatic carbocycles. The molecule has 4 heteroatoms. The zero-order chi connectivity index (χ0) is 12.9. The van der Waals surface area contributed by atoms with Crippen molar-refractivity contribution in [2.24, 2.45) is 11.7 Å². The Hall–Kier alpha value is -0.610. The maximum atomic E-state index is 11.4. The van der Waals surface area contributed by atoms with E-state index < -0.39 is 0 Å². The summed E-state index contributed by atoms with van der Waals surface area (Å²) in [4.78, 5) is 13.9. The van der Waals surface area contributed by atoms with E-state index >= 15 is 0 Å². The Labute approximate surface area is 105 Å². The molecule has 100 valence electrons. The number of hydrogen-bond donors (Lipinski definition) is 2. The van der Waals surface area contributed by atoms with E-state index in [0.29, 0.717) is 19.5 Å². The molecule has 1 saturated heterocycles. The predicted octanol–water partition coefficient (Wildman–Crippen LogP) is 0.962. The normalized spacial score (nSPS) is 22.5. The fourth-order valence-corrected chi connectivity index (χ4v) is 2.39. The Balaban J connectivity index is 2.41. The van der Waals surface area contributed by atoms with Gasteiger partial charge in [-0.25, -0.2) is 0 Å². The van der Waals surface area contributed by atoms with Crippen molar-refractivity contribution in [1.82, 2.24) is 10.2 Å². The van der Waals surface area contributed by atoms with Gasteiger partial charge in [-0.1, -0.05) is 6.92 Å². The first-order valence-corrected chi connectivity index (χ1v) is 6.67. The van der Waals surface area contributed by atoms with Crippen molar-refractivity contribution < 1.29 is 4.79 Å². The maximum absolute atomic E-state index is 11.4. The lowest BCUT2D eigenvalue weighted by atomic mass is 9.93. The number of carbonyl (C=O) groups is 1. The monoisotopic (exact) mass is 241 g/mol. The number of amides is 1. The largest absolute Gasteiger partial charge is 0.354 e. The zero-order valence-electron chi connectivity index (χ0n) is 11.5. The van der Waals surface area contributed by atoms with Crippen LogP contribution in [0, 0.1) is 5.92 Å². The second-order valence-electron chi connectivity index (χ2n) is 5.82. The summed E-state index contributed by atoms with van der Waals surface area (Å²) in [6.45, 7) is 10.1. The molecule has 1 aliphatic rings. The van der Waals surface area contributed by atoms with Crippen LogP contribution in [0.2, 0.25) is 0 Å². The fourth-order valence-electron chi connectivity index (χ4n) is 2.39. The van der Waals surface area contributed by atoms with Gasteiger partial charge in [0.05, 0.1) is 0 Å². The van der Waals surface area contributed by atoms with Gasteiger partial charge < -0.3 is 11.1 Å². The summed E-state index contributed by atoms with van der Waals surface area (Å²) in [5, 5.41) is 2.98. The van der Waals surface area contributed by atoms with Crippen LogP contribution >= 0.6 is 0 Å². The van der Waals surface area contributed by atoms with Gasteiger partial charge in [-0.05, 0) is 39.2 Å². The van der Waals surface area contributed by atoms with Crippen LogP contribution in [0.5, 0.6) is 0 Å². The summed E-state index contributed by atoms with van der Waals surface area (Å²) in [6.07, 6.45) is 3.01. The zero-order valence-corrected chi connectivity index (χ0v) is 11.5. The molecule has 0 bridgehead atoms. The molecular formula is C13H27N3O. The molecule has 1 rings (SSSR count). The van der Waals surface area contributed by atoms with Gasteiger partial charge in [-0.3, -0.25) is 9.69 Å². The molecule has 0 aromatic heterocycles. The quantitative estimate of drug-likeness (QED) is 0.754. The van der Waals surface area contributed by atoms with Crippen molar-refractivity contribution >= 4 is 5.91 Å². The van der Waals surface area contributed by atoms with E-state index in [9.17, 15) is 4.79 Å². The van der Waals surface area contributed by atoms with Gasteiger partial charge in [0.1, 0.15) is 0 Å². The Morgan fingerprint density at radius 1 is 1.53 bits per heavy atom. The minimum atomic E-state index is 0.0406. The van der Waals surface area contributed by atoms with Crippen LogP contribution in [0.25, 0.3) is 0 Å². The fraction of sp³-hybridized carbons (Fsp3) is 0.923. The Morgan fingerprint density at radius 3 is 2.82 bits per heavy atom. The van der Waals surface area contributed by atoms with E-state index in [4.69, 9.17) is 5.73 Å². The molecule has 3 N–H and O–H groups in total. The van der Waals surface area contributed by atoms with Gasteiger partial charge >= 0.3 is 0 Å². The molecule has 1 aliphatic heterocycles. The number of rotatable bonds is 5. The lowest BCUT2D eigenvalue weighted by molar-refractivity contribution is -0.121. The van der Waals surface area contributed by atoms with Crippen molar-refractivity contribution in [1.29, 1.82) is 0 Å². The summed E-state index contributed by atoms with van der Waals surface area (Å²) in [5.74, 6) is 0.827. The maximum Gasteiger partial charge on any atom is 0.221 e. The van der Waals surface area contributed by atoms with E-state index in [2.05, 4.69) is 31.0 Å². The molecule has 1 heterocycles. The molecule has 0 spiro atoms. The molecule has 1 atom stereocenters. The topological polar surface area (TPSA) is 58.4 Å². The highest BCUT2D eigenvalue weighted by molar-refractivity contribution is 5.76. The second-order valence-corrected chi connectivity index (χ2v) is 5.82. The molecule has 0 radical (unpaired) electrons. The van der Waals surface area contributed by atoms with Crippen LogP contribution in [0.3, 0.4) is 0 Å². The molecule has 0 saturated carbocycles. The van der Waals surface area contributed by atoms with Crippen molar-refractivity contribution in [3.05, 3.63) is 0 Å². The van der Waals surface area contributed by atoms with Gasteiger partial charge in [-0.2, -0.15) is 0 Å². The average molecular weight is 241 g/mol. The summed E-state index contributed by atoms with van der Waals surface area (Å²) in [6, 6.07) is 0. The highest BCUT2D eigenvalue weighted by Crippen LogP contribution is 2.23. The van der Waals surface area contributed by atoms with Crippen LogP contribution in [-0.2, 0) is 4.79 Å². The van der Waals surface area contributed by atoms with Crippen molar-refractivity contribution in [3.8, 4) is 0 Å². The van der Waals surface area contributed by atoms with Gasteiger partial charge in [0.25, 0.3) is 0 Å². The predicted molar refractivity (Wildman–Crippen MR) is 70.7 cm³/mol. The van der Waals surface area contributed by atoms with Crippen molar-refractivity contribution in [2.45, 2.75) is 45.6 Å². The Kier molecular flexibility index (Phi) is 5.40. The smallest absolute Gasteiger partial charge is 0.221 e. The first kappa shape index (κ1) is 14.5. The highest BCUT2D eigenvalue weighted by atomic mass is 16.1. The number of nitrogens with one attached hydrogen (secondary N) is 1. The van der Waals surface area contributed by atoms with Gasteiger partial charge in [-0.15, -0.1) is 0 Å². The van der Waals surface area contributed by atoms with Crippen molar-refractivity contribution in [3.63, 3.8) is 0 Å². The molecule has 1 fully saturated rings. The van der Waals surface area contributed by atoms with Gasteiger partial charge in [0.2, 0.25) is 5.91 Å². The molecule has 4 nitrogen and oxygen atoms in total. The second kappa shape index (κ2) is 6.36. The Bertz CT molecular complexity index is 253. The molecule has 0 aromatic carbocycles. The Morgan fingerprint density at radius 2 is 2.24 bits per heavy atom. The van der Waals surface area contributed by atoms with E-state index in [-0.39, 0.29) is 11.4 Å². The highest BCUT2D eigenvalue weighted by Gasteiger charge is 2.30. The molecular weight excluding hydrogens is 214 g/mol. The standard InChI is InChI=1S/C13H27N3O/c1-11-5-4-8-16(9-11)13(2,3)10-15-12(17)6-7-14/h11H,4-10,14H2,1-3H3,(H,15,17). The van der Waals surface area contributed by atoms with E-state index in [0.717, 1.165) is 19.0 Å². The van der Waals surface area contributed by atoms with Crippen LogP contribution in [-0.4, -0.2) is 42.5 Å². The third-order valence-electron chi connectivity index (χ3n) is 3.60. The van der Waals surface area contributed by atoms with E-state index in [1.165, 1.54) is 12.8 Å². The van der Waals surface area contributed by atoms with E-state index in [1.807, 2.05) is 0 Å². The summed E-state index contributed by atoms with van der Waals surface area (Å²) < 4.78 is 0. The molecule has 1 amide bonds. The number of likely N-dealkylation sites (tertiary alicyclic amines) is 1. The van der Waals surface area contributed by atoms with Crippen LogP contribution in [0.4, 0.5) is 0 Å². The lowest BCUT2D eigenvalue weighted by Gasteiger charge is -2.43. The number of piperidine rings is 1. The first-order chi connectivity index (χ1) is 7.95. The van der Waals surface area contributed by atoms with Crippen LogP contribution in [0.1, 0.15) is 40.0 Å². The van der Waals surface area contributed by atoms with Crippen LogP contribution < -0.4 is 11.1 Å².